The number of urea groups is 1. The molecule has 5 aromatic rings. The average Bonchev–Trinajstić information content (AvgIpc) is 3.98. The zero-order valence-electron chi connectivity index (χ0n) is 42.1. The Hall–Kier alpha value is -7.35. The molecule has 10 rings (SSSR count). The number of carbonyl (C=O) groups is 5. The number of imide groups is 3. The van der Waals surface area contributed by atoms with Crippen LogP contribution in [0.25, 0.3) is 10.8 Å². The van der Waals surface area contributed by atoms with Gasteiger partial charge in [0.05, 0.1) is 40.7 Å². The second kappa shape index (κ2) is 22.3. The van der Waals surface area contributed by atoms with Crippen molar-refractivity contribution >= 4 is 91.0 Å². The predicted molar refractivity (Wildman–Crippen MR) is 288 cm³/mol. The molecule has 4 aromatic carbocycles. The van der Waals surface area contributed by atoms with Gasteiger partial charge in [0.15, 0.2) is 0 Å². The molecule has 1 aromatic heterocycles. The third-order valence-corrected chi connectivity index (χ3v) is 17.3. The summed E-state index contributed by atoms with van der Waals surface area (Å²) in [5, 5.41) is 18.5. The van der Waals surface area contributed by atoms with E-state index in [1.807, 2.05) is 41.3 Å². The second-order valence-corrected chi connectivity index (χ2v) is 22.5. The number of amides is 6. The van der Waals surface area contributed by atoms with Gasteiger partial charge in [0, 0.05) is 84.6 Å². The zero-order valence-corrected chi connectivity index (χ0v) is 44.5. The van der Waals surface area contributed by atoms with Crippen LogP contribution in [-0.4, -0.2) is 138 Å². The number of likely N-dealkylation sites (tertiary alicyclic amines) is 2. The molecule has 6 heterocycles. The van der Waals surface area contributed by atoms with E-state index >= 15 is 0 Å². The highest BCUT2D eigenvalue weighted by Gasteiger charge is 2.46. The minimum atomic E-state index is -4.46. The smallest absolute Gasteiger partial charge is 0.423 e. The Bertz CT molecular complexity index is 3370. The van der Waals surface area contributed by atoms with Crippen molar-refractivity contribution in [2.75, 3.05) is 68.1 Å². The van der Waals surface area contributed by atoms with E-state index in [4.69, 9.17) is 42.6 Å². The summed E-state index contributed by atoms with van der Waals surface area (Å²) < 4.78 is 41.5. The monoisotopic (exact) mass is 1100 g/mol. The summed E-state index contributed by atoms with van der Waals surface area (Å²) in [5.74, 6) is -1.76. The molecule has 3 saturated heterocycles. The highest BCUT2D eigenvalue weighted by molar-refractivity contribution is 7.93. The highest BCUT2D eigenvalue weighted by Crippen LogP contribution is 2.38. The number of piperazine rings is 1. The maximum absolute atomic E-state index is 14.3. The minimum absolute atomic E-state index is 0.0104. The number of likely N-dealkylation sites (N-methyl/N-ethyl adjacent to an activating group) is 1. The number of halogens is 2. The van der Waals surface area contributed by atoms with E-state index in [2.05, 4.69) is 40.1 Å². The number of anilines is 3. The minimum Gasteiger partial charge on any atom is -0.462 e. The van der Waals surface area contributed by atoms with Gasteiger partial charge >= 0.3 is 18.1 Å². The molecule has 77 heavy (non-hydrogen) atoms. The number of carbonyl (C=O) groups excluding carboxylic acids is 5. The average molecular weight is 1110 g/mol. The number of ether oxygens (including phenoxy) is 2. The van der Waals surface area contributed by atoms with Crippen LogP contribution in [0.3, 0.4) is 0 Å². The Balaban J connectivity index is 0.791. The van der Waals surface area contributed by atoms with Crippen molar-refractivity contribution in [1.82, 2.24) is 34.3 Å². The summed E-state index contributed by atoms with van der Waals surface area (Å²) in [4.78, 5) is 84.3. The van der Waals surface area contributed by atoms with Crippen molar-refractivity contribution in [2.45, 2.75) is 76.3 Å². The maximum Gasteiger partial charge on any atom is 0.423 e. The molecule has 0 radical (unpaired) electrons. The van der Waals surface area contributed by atoms with Gasteiger partial charge in [0.2, 0.25) is 15.9 Å². The van der Waals surface area contributed by atoms with Crippen molar-refractivity contribution in [2.24, 2.45) is 0 Å². The molecule has 20 nitrogen and oxygen atoms in total. The summed E-state index contributed by atoms with van der Waals surface area (Å²) in [5.41, 5.74) is 4.69. The van der Waals surface area contributed by atoms with Crippen LogP contribution in [0.15, 0.2) is 90.3 Å². The van der Waals surface area contributed by atoms with Crippen LogP contribution in [0.4, 0.5) is 26.8 Å². The lowest BCUT2D eigenvalue weighted by Crippen LogP contribution is -2.57. The maximum atomic E-state index is 14.3. The summed E-state index contributed by atoms with van der Waals surface area (Å²) in [6.45, 7) is 5.51. The number of sulfonamides is 1. The topological polar surface area (TPSA) is 231 Å². The molecule has 0 saturated carbocycles. The molecule has 0 spiro atoms. The van der Waals surface area contributed by atoms with Crippen molar-refractivity contribution in [3.8, 4) is 12.1 Å². The van der Waals surface area contributed by atoms with E-state index in [1.165, 1.54) is 4.90 Å². The third-order valence-electron chi connectivity index (χ3n) is 14.8. The van der Waals surface area contributed by atoms with Gasteiger partial charge in [-0.05, 0) is 92.2 Å². The number of hydrogen-bond acceptors (Lipinski definition) is 15. The molecule has 0 bridgehead atoms. The molecule has 23 heteroatoms. The number of nitriles is 1. The van der Waals surface area contributed by atoms with Crippen LogP contribution in [0.1, 0.15) is 64.8 Å². The van der Waals surface area contributed by atoms with Crippen molar-refractivity contribution < 1.29 is 41.9 Å². The number of nitrogens with zero attached hydrogens (tertiary/aromatic N) is 9. The number of hydrogen-bond donors (Lipinski definition) is 2. The molecule has 6 amide bonds. The molecular formula is C54H55Cl2N11O9S. The molecule has 3 atom stereocenters. The van der Waals surface area contributed by atoms with E-state index in [9.17, 15) is 37.7 Å². The van der Waals surface area contributed by atoms with Gasteiger partial charge in [-0.15, -0.1) is 0 Å². The van der Waals surface area contributed by atoms with Crippen LogP contribution in [-0.2, 0) is 50.4 Å². The first-order chi connectivity index (χ1) is 37.1. The molecule has 0 aliphatic carbocycles. The number of aromatic nitrogens is 2. The SMILES string of the molecule is C=C(COC(=O)N1C(=O)CCC(N2Cc3cc(CNC(=O)Nc4cccc(Cl)c4)ccc3C2=O)C1=O)S(=O)(=O)N1CCN(c2nc(OC[C@@H]3CCCN3C)nc3c2CCN(c2cccc4cccc(Cl)c24)C3)C[C@@H]1CC#N. The molecule has 2 N–H and O–H groups in total. The lowest BCUT2D eigenvalue weighted by molar-refractivity contribution is -0.149. The van der Waals surface area contributed by atoms with E-state index in [1.54, 1.807) is 42.5 Å². The van der Waals surface area contributed by atoms with Gasteiger partial charge < -0.3 is 39.7 Å². The number of benzene rings is 4. The first-order valence-electron chi connectivity index (χ1n) is 25.3. The zero-order chi connectivity index (χ0) is 54.1. The predicted octanol–water partition coefficient (Wildman–Crippen LogP) is 6.85. The number of nitrogens with one attached hydrogen (secondary N) is 2. The summed E-state index contributed by atoms with van der Waals surface area (Å²) in [6, 6.07) is 23.5. The molecule has 3 fully saturated rings. The fraction of sp³-hybridized carbons (Fsp3) is 0.370. The Labute approximate surface area is 455 Å². The van der Waals surface area contributed by atoms with Crippen molar-refractivity contribution in [3.05, 3.63) is 128 Å². The fourth-order valence-corrected chi connectivity index (χ4v) is 12.7. The molecule has 5 aliphatic rings. The first-order valence-corrected chi connectivity index (χ1v) is 27.5. The van der Waals surface area contributed by atoms with Crippen LogP contribution in [0, 0.1) is 11.3 Å². The summed E-state index contributed by atoms with van der Waals surface area (Å²) in [6.07, 6.45) is 0.644. The van der Waals surface area contributed by atoms with Gasteiger partial charge in [-0.3, -0.25) is 14.4 Å². The number of fused-ring (bicyclic) bond motifs is 3. The number of rotatable bonds is 14. The Morgan fingerprint density at radius 1 is 0.909 bits per heavy atom. The molecule has 1 unspecified atom stereocenters. The largest absolute Gasteiger partial charge is 0.462 e. The van der Waals surface area contributed by atoms with E-state index in [-0.39, 0.29) is 64.0 Å². The quantitative estimate of drug-likeness (QED) is 0.108. The lowest BCUT2D eigenvalue weighted by atomic mass is 10.0. The molecular weight excluding hydrogens is 1050 g/mol. The van der Waals surface area contributed by atoms with Crippen LogP contribution >= 0.6 is 23.2 Å². The van der Waals surface area contributed by atoms with Crippen LogP contribution in [0.2, 0.25) is 10.0 Å². The fourth-order valence-electron chi connectivity index (χ4n) is 10.8. The first kappa shape index (κ1) is 53.1. The Kier molecular flexibility index (Phi) is 15.4. The highest BCUT2D eigenvalue weighted by atomic mass is 35.5. The van der Waals surface area contributed by atoms with Gasteiger partial charge in [-0.1, -0.05) is 72.2 Å². The lowest BCUT2D eigenvalue weighted by Gasteiger charge is -2.42. The van der Waals surface area contributed by atoms with Gasteiger partial charge in [-0.25, -0.2) is 18.0 Å². The standard InChI is InChI=1S/C54H55Cl2N11O9S/c1-33(31-76-54(72)67-47(68)17-16-46(51(67)70)65-28-36-25-34(14-15-41(36)50(65)69)27-58-52(71)59-38-10-5-9-37(55)26-38)77(73,74)66-24-23-64(29-39(66)18-20-57)49-42-19-22-63(45-13-4-8-35-7-3-12-43(56)48(35)45)30-44(42)60-53(61-49)75-32-40-11-6-21-62(40)2/h3-5,7-10,12-15,25-26,39-40,46H,1,6,11,16-19,21-24,27-32H2,2H3,(H2,58,59,71)/t39-,40-,46?/m0/s1. The van der Waals surface area contributed by atoms with E-state index in [0.717, 1.165) is 51.4 Å². The van der Waals surface area contributed by atoms with Gasteiger partial charge in [0.1, 0.15) is 25.1 Å². The normalized spacial score (nSPS) is 20.0. The molecule has 5 aliphatic heterocycles. The van der Waals surface area contributed by atoms with Gasteiger partial charge in [0.25, 0.3) is 11.8 Å². The van der Waals surface area contributed by atoms with E-state index < -0.39 is 63.5 Å². The molecule has 400 valence electrons. The Morgan fingerprint density at radius 3 is 2.49 bits per heavy atom. The van der Waals surface area contributed by atoms with Gasteiger partial charge in [-0.2, -0.15) is 24.4 Å². The van der Waals surface area contributed by atoms with Crippen LogP contribution in [0.5, 0.6) is 6.01 Å². The van der Waals surface area contributed by atoms with Crippen LogP contribution < -0.4 is 25.2 Å². The summed E-state index contributed by atoms with van der Waals surface area (Å²) >= 11 is 12.8. The van der Waals surface area contributed by atoms with Crippen molar-refractivity contribution in [1.29, 1.82) is 5.26 Å². The Morgan fingerprint density at radius 2 is 1.71 bits per heavy atom. The second-order valence-electron chi connectivity index (χ2n) is 19.7. The third kappa shape index (κ3) is 11.0. The summed E-state index contributed by atoms with van der Waals surface area (Å²) in [7, 11) is -2.40. The van der Waals surface area contributed by atoms with Crippen molar-refractivity contribution in [3.63, 3.8) is 0 Å². The number of piperidine rings is 1. The van der Waals surface area contributed by atoms with E-state index in [0.29, 0.717) is 69.3 Å².